The second-order valence-electron chi connectivity index (χ2n) is 7.64. The number of aromatic nitrogens is 3. The molecule has 0 unspecified atom stereocenters. The standard InChI is InChI=1S/C24H23FN4O3/c1-3-21-27-23-17(24(30)31-2)13-15(28-9-11-32-12-10-28)14-20(23)29(21)19-7-8-26-22-16(19)5-4-6-18(22)25/h4-8,13-14H,3,9-12H2,1-2H3. The van der Waals surface area contributed by atoms with E-state index in [9.17, 15) is 9.18 Å². The zero-order chi connectivity index (χ0) is 22.2. The van der Waals surface area contributed by atoms with Crippen LogP contribution in [0.2, 0.25) is 0 Å². The van der Waals surface area contributed by atoms with Crippen LogP contribution < -0.4 is 4.90 Å². The summed E-state index contributed by atoms with van der Waals surface area (Å²) in [6, 6.07) is 10.6. The van der Waals surface area contributed by atoms with E-state index in [0.717, 1.165) is 35.8 Å². The average Bonchev–Trinajstić information content (AvgIpc) is 3.22. The van der Waals surface area contributed by atoms with Crippen LogP contribution in [0.3, 0.4) is 0 Å². The molecule has 1 saturated heterocycles. The molecular weight excluding hydrogens is 411 g/mol. The first kappa shape index (κ1) is 20.4. The molecule has 0 atom stereocenters. The van der Waals surface area contributed by atoms with Crippen LogP contribution >= 0.6 is 0 Å². The monoisotopic (exact) mass is 434 g/mol. The molecule has 7 nitrogen and oxygen atoms in total. The summed E-state index contributed by atoms with van der Waals surface area (Å²) in [5, 5.41) is 0.679. The number of imidazole rings is 1. The summed E-state index contributed by atoms with van der Waals surface area (Å²) in [7, 11) is 1.37. The highest BCUT2D eigenvalue weighted by molar-refractivity contribution is 6.05. The molecule has 1 fully saturated rings. The van der Waals surface area contributed by atoms with Crippen LogP contribution in [-0.2, 0) is 15.9 Å². The molecule has 0 aliphatic carbocycles. The number of benzene rings is 2. The van der Waals surface area contributed by atoms with Gasteiger partial charge in [0.15, 0.2) is 0 Å². The second kappa shape index (κ2) is 8.20. The highest BCUT2D eigenvalue weighted by Crippen LogP contribution is 2.33. The van der Waals surface area contributed by atoms with Crippen molar-refractivity contribution in [1.29, 1.82) is 0 Å². The fraction of sp³-hybridized carbons (Fsp3) is 0.292. The lowest BCUT2D eigenvalue weighted by Gasteiger charge is -2.29. The Labute approximate surface area is 184 Å². The molecule has 32 heavy (non-hydrogen) atoms. The predicted molar refractivity (Wildman–Crippen MR) is 120 cm³/mol. The van der Waals surface area contributed by atoms with Crippen LogP contribution in [0.25, 0.3) is 27.6 Å². The normalized spacial score (nSPS) is 14.3. The van der Waals surface area contributed by atoms with Crippen molar-refractivity contribution in [2.24, 2.45) is 0 Å². The number of morpholine rings is 1. The van der Waals surface area contributed by atoms with Gasteiger partial charge < -0.3 is 14.4 Å². The number of rotatable bonds is 4. The van der Waals surface area contributed by atoms with E-state index in [1.165, 1.54) is 13.2 Å². The SMILES string of the molecule is CCc1nc2c(C(=O)OC)cc(N3CCOCC3)cc2n1-c1ccnc2c(F)cccc12. The van der Waals surface area contributed by atoms with E-state index >= 15 is 0 Å². The topological polar surface area (TPSA) is 69.5 Å². The number of esters is 1. The number of carbonyl (C=O) groups excluding carboxylic acids is 1. The number of carbonyl (C=O) groups is 1. The number of hydrogen-bond acceptors (Lipinski definition) is 6. The van der Waals surface area contributed by atoms with Crippen molar-refractivity contribution >= 4 is 33.6 Å². The van der Waals surface area contributed by atoms with E-state index in [2.05, 4.69) is 9.88 Å². The smallest absolute Gasteiger partial charge is 0.340 e. The fourth-order valence-corrected chi connectivity index (χ4v) is 4.31. The summed E-state index contributed by atoms with van der Waals surface area (Å²) in [6.07, 6.45) is 2.22. The molecule has 0 N–H and O–H groups in total. The molecule has 2 aromatic heterocycles. The molecule has 2 aromatic carbocycles. The maximum absolute atomic E-state index is 14.5. The third-order valence-corrected chi connectivity index (χ3v) is 5.85. The molecule has 3 heterocycles. The number of ether oxygens (including phenoxy) is 2. The highest BCUT2D eigenvalue weighted by Gasteiger charge is 2.23. The van der Waals surface area contributed by atoms with Crippen molar-refractivity contribution < 1.29 is 18.7 Å². The molecule has 5 rings (SSSR count). The third kappa shape index (κ3) is 3.27. The Morgan fingerprint density at radius 2 is 2.00 bits per heavy atom. The van der Waals surface area contributed by atoms with Gasteiger partial charge in [0.2, 0.25) is 0 Å². The van der Waals surface area contributed by atoms with Gasteiger partial charge in [0.05, 0.1) is 37.1 Å². The third-order valence-electron chi connectivity index (χ3n) is 5.85. The van der Waals surface area contributed by atoms with Crippen molar-refractivity contribution in [2.45, 2.75) is 13.3 Å². The minimum absolute atomic E-state index is 0.298. The van der Waals surface area contributed by atoms with Gasteiger partial charge in [0, 0.05) is 36.8 Å². The lowest BCUT2D eigenvalue weighted by molar-refractivity contribution is 0.0603. The predicted octanol–water partition coefficient (Wildman–Crippen LogP) is 3.90. The number of methoxy groups -OCH3 is 1. The quantitative estimate of drug-likeness (QED) is 0.454. The van der Waals surface area contributed by atoms with E-state index in [4.69, 9.17) is 14.5 Å². The van der Waals surface area contributed by atoms with Gasteiger partial charge >= 0.3 is 5.97 Å². The number of para-hydroxylation sites is 1. The first-order chi connectivity index (χ1) is 15.6. The number of aryl methyl sites for hydroxylation is 1. The van der Waals surface area contributed by atoms with Gasteiger partial charge in [-0.15, -0.1) is 0 Å². The number of halogens is 1. The minimum Gasteiger partial charge on any atom is -0.465 e. The fourth-order valence-electron chi connectivity index (χ4n) is 4.31. The van der Waals surface area contributed by atoms with Crippen LogP contribution in [0.15, 0.2) is 42.6 Å². The molecule has 4 aromatic rings. The van der Waals surface area contributed by atoms with Gasteiger partial charge in [-0.2, -0.15) is 0 Å². The molecule has 1 aliphatic heterocycles. The highest BCUT2D eigenvalue weighted by atomic mass is 19.1. The van der Waals surface area contributed by atoms with Crippen LogP contribution in [0.1, 0.15) is 23.1 Å². The Kier molecular flexibility index (Phi) is 5.22. The van der Waals surface area contributed by atoms with Crippen molar-refractivity contribution in [3.63, 3.8) is 0 Å². The Hall–Kier alpha value is -3.52. The summed E-state index contributed by atoms with van der Waals surface area (Å²) in [5.74, 6) is -0.0554. The lowest BCUT2D eigenvalue weighted by Crippen LogP contribution is -2.36. The maximum atomic E-state index is 14.5. The lowest BCUT2D eigenvalue weighted by atomic mass is 10.1. The first-order valence-electron chi connectivity index (χ1n) is 10.6. The Balaban J connectivity index is 1.83. The van der Waals surface area contributed by atoms with Crippen molar-refractivity contribution in [3.05, 3.63) is 59.8 Å². The molecule has 0 amide bonds. The molecule has 0 radical (unpaired) electrons. The minimum atomic E-state index is -0.442. The van der Waals surface area contributed by atoms with Gasteiger partial charge in [-0.1, -0.05) is 19.1 Å². The number of fused-ring (bicyclic) bond motifs is 2. The number of pyridine rings is 1. The van der Waals surface area contributed by atoms with Gasteiger partial charge in [-0.3, -0.25) is 9.55 Å². The molecule has 0 bridgehead atoms. The van der Waals surface area contributed by atoms with Gasteiger partial charge in [-0.25, -0.2) is 14.2 Å². The first-order valence-corrected chi connectivity index (χ1v) is 10.6. The molecule has 0 spiro atoms. The van der Waals surface area contributed by atoms with Crippen molar-refractivity contribution in [3.8, 4) is 5.69 Å². The zero-order valence-electron chi connectivity index (χ0n) is 18.0. The van der Waals surface area contributed by atoms with Crippen LogP contribution in [0.5, 0.6) is 0 Å². The second-order valence-corrected chi connectivity index (χ2v) is 7.64. The molecular formula is C24H23FN4O3. The van der Waals surface area contributed by atoms with E-state index < -0.39 is 5.97 Å². The van der Waals surface area contributed by atoms with E-state index in [0.29, 0.717) is 41.6 Å². The Bertz CT molecular complexity index is 1330. The summed E-state index contributed by atoms with van der Waals surface area (Å²) >= 11 is 0. The van der Waals surface area contributed by atoms with E-state index in [1.807, 2.05) is 35.8 Å². The maximum Gasteiger partial charge on any atom is 0.340 e. The van der Waals surface area contributed by atoms with Gasteiger partial charge in [0.25, 0.3) is 0 Å². The zero-order valence-corrected chi connectivity index (χ0v) is 18.0. The molecule has 8 heteroatoms. The molecule has 0 saturated carbocycles. The Morgan fingerprint density at radius 3 is 2.75 bits per heavy atom. The van der Waals surface area contributed by atoms with Crippen LogP contribution in [0.4, 0.5) is 10.1 Å². The average molecular weight is 434 g/mol. The number of nitrogens with zero attached hydrogens (tertiary/aromatic N) is 4. The number of hydrogen-bond donors (Lipinski definition) is 0. The van der Waals surface area contributed by atoms with E-state index in [1.54, 1.807) is 12.3 Å². The van der Waals surface area contributed by atoms with Gasteiger partial charge in [-0.05, 0) is 24.3 Å². The summed E-state index contributed by atoms with van der Waals surface area (Å²) in [6.45, 7) is 4.70. The molecule has 164 valence electrons. The van der Waals surface area contributed by atoms with E-state index in [-0.39, 0.29) is 5.82 Å². The summed E-state index contributed by atoms with van der Waals surface area (Å²) < 4.78 is 27.0. The largest absolute Gasteiger partial charge is 0.465 e. The Morgan fingerprint density at radius 1 is 1.19 bits per heavy atom. The number of anilines is 1. The van der Waals surface area contributed by atoms with Gasteiger partial charge in [0.1, 0.15) is 22.7 Å². The van der Waals surface area contributed by atoms with Crippen molar-refractivity contribution in [1.82, 2.24) is 14.5 Å². The molecule has 1 aliphatic rings. The van der Waals surface area contributed by atoms with Crippen LogP contribution in [-0.4, -0.2) is 53.9 Å². The summed E-state index contributed by atoms with van der Waals surface area (Å²) in [4.78, 5) is 23.9. The van der Waals surface area contributed by atoms with Crippen LogP contribution in [0, 0.1) is 5.82 Å². The summed E-state index contributed by atoms with van der Waals surface area (Å²) in [5.41, 5.74) is 3.70. The van der Waals surface area contributed by atoms with Crippen molar-refractivity contribution in [2.75, 3.05) is 38.3 Å².